The molecule has 0 aliphatic carbocycles. The number of aromatic nitrogens is 1. The summed E-state index contributed by atoms with van der Waals surface area (Å²) < 4.78 is 22.6. The second-order valence-corrected chi connectivity index (χ2v) is 6.13. The van der Waals surface area contributed by atoms with E-state index in [0.717, 1.165) is 0 Å². The zero-order valence-electron chi connectivity index (χ0n) is 10.5. The zero-order valence-corrected chi connectivity index (χ0v) is 11.3. The SMILES string of the molecule is CCNC(=O)c1cc(NC2C=CS(=O)(=O)C2)ccn1. The number of carbonyl (C=O) groups excluding carboxylic acids is 1. The molecule has 1 aromatic heterocycles. The van der Waals surface area contributed by atoms with Crippen LogP contribution in [0.25, 0.3) is 0 Å². The van der Waals surface area contributed by atoms with Crippen molar-refractivity contribution in [1.82, 2.24) is 10.3 Å². The fourth-order valence-electron chi connectivity index (χ4n) is 1.78. The monoisotopic (exact) mass is 281 g/mol. The summed E-state index contributed by atoms with van der Waals surface area (Å²) in [6.07, 6.45) is 3.11. The van der Waals surface area contributed by atoms with Crippen LogP contribution in [0.5, 0.6) is 0 Å². The van der Waals surface area contributed by atoms with Gasteiger partial charge in [0, 0.05) is 23.8 Å². The molecule has 1 amide bonds. The van der Waals surface area contributed by atoms with Crippen LogP contribution in [0.15, 0.2) is 29.8 Å². The van der Waals surface area contributed by atoms with Gasteiger partial charge in [0.25, 0.3) is 5.91 Å². The molecule has 6 nitrogen and oxygen atoms in total. The first-order valence-corrected chi connectivity index (χ1v) is 7.63. The van der Waals surface area contributed by atoms with Gasteiger partial charge in [0.2, 0.25) is 0 Å². The lowest BCUT2D eigenvalue weighted by Gasteiger charge is -2.12. The van der Waals surface area contributed by atoms with Gasteiger partial charge in [0.1, 0.15) is 5.69 Å². The molecule has 0 fully saturated rings. The molecule has 0 radical (unpaired) electrons. The van der Waals surface area contributed by atoms with Crippen molar-refractivity contribution in [2.45, 2.75) is 13.0 Å². The van der Waals surface area contributed by atoms with Crippen molar-refractivity contribution in [2.24, 2.45) is 0 Å². The maximum atomic E-state index is 11.6. The Morgan fingerprint density at radius 2 is 2.32 bits per heavy atom. The Bertz CT molecular complexity index is 610. The summed E-state index contributed by atoms with van der Waals surface area (Å²) in [5.74, 6) is -0.216. The molecule has 0 spiro atoms. The molecule has 1 aliphatic rings. The highest BCUT2D eigenvalue weighted by atomic mass is 32.2. The van der Waals surface area contributed by atoms with Crippen LogP contribution in [0.4, 0.5) is 5.69 Å². The van der Waals surface area contributed by atoms with Gasteiger partial charge < -0.3 is 10.6 Å². The summed E-state index contributed by atoms with van der Waals surface area (Å²) in [6, 6.07) is 3.03. The smallest absolute Gasteiger partial charge is 0.269 e. The van der Waals surface area contributed by atoms with E-state index in [1.165, 1.54) is 11.6 Å². The lowest BCUT2D eigenvalue weighted by atomic mass is 10.2. The average molecular weight is 281 g/mol. The van der Waals surface area contributed by atoms with Crippen LogP contribution in [0.3, 0.4) is 0 Å². The Hall–Kier alpha value is -1.89. The molecule has 19 heavy (non-hydrogen) atoms. The van der Waals surface area contributed by atoms with E-state index in [-0.39, 0.29) is 17.7 Å². The summed E-state index contributed by atoms with van der Waals surface area (Å²) in [4.78, 5) is 15.6. The predicted molar refractivity (Wildman–Crippen MR) is 72.6 cm³/mol. The lowest BCUT2D eigenvalue weighted by Crippen LogP contribution is -2.24. The minimum absolute atomic E-state index is 0.0335. The van der Waals surface area contributed by atoms with E-state index in [1.54, 1.807) is 18.2 Å². The number of rotatable bonds is 4. The molecule has 0 aromatic carbocycles. The minimum atomic E-state index is -3.09. The summed E-state index contributed by atoms with van der Waals surface area (Å²) in [5, 5.41) is 6.91. The van der Waals surface area contributed by atoms with E-state index in [4.69, 9.17) is 0 Å². The Morgan fingerprint density at radius 3 is 2.95 bits per heavy atom. The van der Waals surface area contributed by atoms with Gasteiger partial charge in [0.15, 0.2) is 9.84 Å². The van der Waals surface area contributed by atoms with Crippen LogP contribution in [0.2, 0.25) is 0 Å². The van der Waals surface area contributed by atoms with E-state index in [1.807, 2.05) is 6.92 Å². The van der Waals surface area contributed by atoms with Crippen LogP contribution < -0.4 is 10.6 Å². The molecule has 2 heterocycles. The summed E-state index contributed by atoms with van der Waals surface area (Å²) in [7, 11) is -3.09. The standard InChI is InChI=1S/C12H15N3O3S/c1-2-13-12(16)11-7-9(3-5-14-11)15-10-4-6-19(17,18)8-10/h3-7,10H,2,8H2,1H3,(H,13,16)(H,14,15). The van der Waals surface area contributed by atoms with Crippen molar-refractivity contribution in [3.05, 3.63) is 35.5 Å². The van der Waals surface area contributed by atoms with Gasteiger partial charge in [-0.1, -0.05) is 6.08 Å². The molecule has 1 aromatic rings. The van der Waals surface area contributed by atoms with Crippen molar-refractivity contribution in [3.63, 3.8) is 0 Å². The van der Waals surface area contributed by atoms with Gasteiger partial charge in [-0.15, -0.1) is 0 Å². The predicted octanol–water partition coefficient (Wildman–Crippen LogP) is 0.554. The fraction of sp³-hybridized carbons (Fsp3) is 0.333. The Morgan fingerprint density at radius 1 is 1.53 bits per heavy atom. The van der Waals surface area contributed by atoms with Crippen LogP contribution >= 0.6 is 0 Å². The molecular formula is C12H15N3O3S. The molecule has 7 heteroatoms. The first-order chi connectivity index (χ1) is 9.00. The van der Waals surface area contributed by atoms with Gasteiger partial charge in [0.05, 0.1) is 11.8 Å². The van der Waals surface area contributed by atoms with E-state index in [2.05, 4.69) is 15.6 Å². The van der Waals surface area contributed by atoms with E-state index in [9.17, 15) is 13.2 Å². The topological polar surface area (TPSA) is 88.2 Å². The molecule has 1 aliphatic heterocycles. The van der Waals surface area contributed by atoms with Gasteiger partial charge in [-0.3, -0.25) is 9.78 Å². The molecule has 0 saturated heterocycles. The maximum Gasteiger partial charge on any atom is 0.269 e. The van der Waals surface area contributed by atoms with Gasteiger partial charge in [-0.2, -0.15) is 0 Å². The molecule has 102 valence electrons. The van der Waals surface area contributed by atoms with Crippen molar-refractivity contribution in [3.8, 4) is 0 Å². The Labute approximate surface area is 111 Å². The van der Waals surface area contributed by atoms with Crippen LogP contribution in [0, 0.1) is 0 Å². The number of nitrogens with zero attached hydrogens (tertiary/aromatic N) is 1. The lowest BCUT2D eigenvalue weighted by molar-refractivity contribution is 0.0951. The molecular weight excluding hydrogens is 266 g/mol. The largest absolute Gasteiger partial charge is 0.378 e. The number of hydrogen-bond acceptors (Lipinski definition) is 5. The second-order valence-electron chi connectivity index (χ2n) is 4.20. The normalized spacial score (nSPS) is 20.2. The quantitative estimate of drug-likeness (QED) is 0.841. The number of hydrogen-bond donors (Lipinski definition) is 2. The number of nitrogens with one attached hydrogen (secondary N) is 2. The Balaban J connectivity index is 2.08. The summed E-state index contributed by atoms with van der Waals surface area (Å²) in [5.41, 5.74) is 0.972. The third-order valence-corrected chi connectivity index (χ3v) is 4.01. The molecule has 2 rings (SSSR count). The number of sulfone groups is 1. The van der Waals surface area contributed by atoms with Crippen molar-refractivity contribution >= 4 is 21.4 Å². The van der Waals surface area contributed by atoms with E-state index < -0.39 is 9.84 Å². The van der Waals surface area contributed by atoms with Crippen molar-refractivity contribution < 1.29 is 13.2 Å². The molecule has 1 atom stereocenters. The zero-order chi connectivity index (χ0) is 13.9. The van der Waals surface area contributed by atoms with Crippen molar-refractivity contribution in [2.75, 3.05) is 17.6 Å². The second kappa shape index (κ2) is 5.40. The molecule has 0 bridgehead atoms. The third kappa shape index (κ3) is 3.54. The third-order valence-electron chi connectivity index (χ3n) is 2.61. The van der Waals surface area contributed by atoms with E-state index in [0.29, 0.717) is 17.9 Å². The Kier molecular flexibility index (Phi) is 3.84. The van der Waals surface area contributed by atoms with E-state index >= 15 is 0 Å². The summed E-state index contributed by atoms with van der Waals surface area (Å²) in [6.45, 7) is 2.36. The van der Waals surface area contributed by atoms with Gasteiger partial charge in [-0.25, -0.2) is 8.42 Å². The maximum absolute atomic E-state index is 11.6. The first-order valence-electron chi connectivity index (χ1n) is 5.92. The highest BCUT2D eigenvalue weighted by Crippen LogP contribution is 2.15. The van der Waals surface area contributed by atoms with Gasteiger partial charge in [-0.05, 0) is 19.1 Å². The number of pyridine rings is 1. The van der Waals surface area contributed by atoms with Crippen LogP contribution in [-0.2, 0) is 9.84 Å². The highest BCUT2D eigenvalue weighted by Gasteiger charge is 2.21. The molecule has 2 N–H and O–H groups in total. The van der Waals surface area contributed by atoms with Crippen LogP contribution in [0.1, 0.15) is 17.4 Å². The molecule has 1 unspecified atom stereocenters. The average Bonchev–Trinajstić information content (AvgIpc) is 2.69. The fourth-order valence-corrected chi connectivity index (χ4v) is 3.01. The minimum Gasteiger partial charge on any atom is -0.378 e. The first kappa shape index (κ1) is 13.5. The number of amides is 1. The van der Waals surface area contributed by atoms with Crippen molar-refractivity contribution in [1.29, 1.82) is 0 Å². The highest BCUT2D eigenvalue weighted by molar-refractivity contribution is 7.94. The van der Waals surface area contributed by atoms with Gasteiger partial charge >= 0.3 is 0 Å². The summed E-state index contributed by atoms with van der Waals surface area (Å²) >= 11 is 0. The number of anilines is 1. The van der Waals surface area contributed by atoms with Crippen LogP contribution in [-0.4, -0.2) is 37.6 Å². The number of carbonyl (C=O) groups is 1. The molecule has 0 saturated carbocycles.